The number of hydrogen-bond acceptors (Lipinski definition) is 3. The van der Waals surface area contributed by atoms with Gasteiger partial charge in [-0.25, -0.2) is 5.43 Å². The van der Waals surface area contributed by atoms with Crippen LogP contribution in [0.25, 0.3) is 11.1 Å². The number of amides is 1. The van der Waals surface area contributed by atoms with Crippen LogP contribution in [0.4, 0.5) is 0 Å². The minimum absolute atomic E-state index is 0.0164. The summed E-state index contributed by atoms with van der Waals surface area (Å²) in [5.41, 5.74) is 5.72. The summed E-state index contributed by atoms with van der Waals surface area (Å²) in [6, 6.07) is 17.3. The van der Waals surface area contributed by atoms with E-state index in [4.69, 9.17) is 0 Å². The molecule has 22 heavy (non-hydrogen) atoms. The van der Waals surface area contributed by atoms with Crippen LogP contribution in [0.2, 0.25) is 0 Å². The monoisotopic (exact) mass is 294 g/mol. The third-order valence-corrected chi connectivity index (χ3v) is 3.11. The Morgan fingerprint density at radius 2 is 1.50 bits per heavy atom. The molecule has 0 aliphatic heterocycles. The second kappa shape index (κ2) is 7.31. The first-order valence-corrected chi connectivity index (χ1v) is 7.04. The third-order valence-electron chi connectivity index (χ3n) is 3.11. The SMILES string of the molecule is CC(=O)CC(C)=NNC(=O)c1ccc(-c2ccccc2)cc1. The fourth-order valence-electron chi connectivity index (χ4n) is 2.06. The molecule has 4 heteroatoms. The lowest BCUT2D eigenvalue weighted by atomic mass is 10.0. The van der Waals surface area contributed by atoms with E-state index in [1.807, 2.05) is 42.5 Å². The van der Waals surface area contributed by atoms with Crippen LogP contribution < -0.4 is 5.43 Å². The molecule has 0 radical (unpaired) electrons. The van der Waals surface area contributed by atoms with Gasteiger partial charge in [0.15, 0.2) is 0 Å². The van der Waals surface area contributed by atoms with Gasteiger partial charge in [0.05, 0.1) is 0 Å². The van der Waals surface area contributed by atoms with Crippen molar-refractivity contribution in [1.82, 2.24) is 5.43 Å². The van der Waals surface area contributed by atoms with Crippen LogP contribution in [-0.2, 0) is 4.79 Å². The first-order chi connectivity index (χ1) is 10.6. The summed E-state index contributed by atoms with van der Waals surface area (Å²) >= 11 is 0. The van der Waals surface area contributed by atoms with Gasteiger partial charge in [-0.05, 0) is 37.1 Å². The number of carbonyl (C=O) groups is 2. The first kappa shape index (κ1) is 15.6. The van der Waals surface area contributed by atoms with E-state index >= 15 is 0 Å². The number of hydrazone groups is 1. The summed E-state index contributed by atoms with van der Waals surface area (Å²) in [6.07, 6.45) is 0.243. The maximum Gasteiger partial charge on any atom is 0.271 e. The first-order valence-electron chi connectivity index (χ1n) is 7.04. The molecule has 2 aromatic rings. The Balaban J connectivity index is 2.04. The van der Waals surface area contributed by atoms with E-state index in [0.29, 0.717) is 11.3 Å². The molecule has 2 rings (SSSR count). The van der Waals surface area contributed by atoms with Crippen molar-refractivity contribution >= 4 is 17.4 Å². The lowest BCUT2D eigenvalue weighted by Crippen LogP contribution is -2.19. The Labute approximate surface area is 129 Å². The van der Waals surface area contributed by atoms with Gasteiger partial charge in [-0.1, -0.05) is 42.5 Å². The van der Waals surface area contributed by atoms with Crippen LogP contribution in [-0.4, -0.2) is 17.4 Å². The third kappa shape index (κ3) is 4.38. The van der Waals surface area contributed by atoms with Crippen molar-refractivity contribution in [2.75, 3.05) is 0 Å². The molecule has 0 bridgehead atoms. The Bertz CT molecular complexity index is 689. The van der Waals surface area contributed by atoms with E-state index in [9.17, 15) is 9.59 Å². The van der Waals surface area contributed by atoms with Crippen molar-refractivity contribution in [3.8, 4) is 11.1 Å². The molecule has 1 amide bonds. The second-order valence-electron chi connectivity index (χ2n) is 5.11. The summed E-state index contributed by atoms with van der Waals surface area (Å²) in [5.74, 6) is -0.273. The molecule has 0 fully saturated rings. The van der Waals surface area contributed by atoms with Gasteiger partial charge in [0.1, 0.15) is 5.78 Å². The molecule has 0 atom stereocenters. The van der Waals surface area contributed by atoms with Crippen LogP contribution in [0.1, 0.15) is 30.6 Å². The molecule has 2 aromatic carbocycles. The van der Waals surface area contributed by atoms with Crippen molar-refractivity contribution < 1.29 is 9.59 Å². The van der Waals surface area contributed by atoms with Gasteiger partial charge in [0.2, 0.25) is 0 Å². The Kier molecular flexibility index (Phi) is 5.20. The van der Waals surface area contributed by atoms with Gasteiger partial charge in [0.25, 0.3) is 5.91 Å². The molecule has 4 nitrogen and oxygen atoms in total. The fourth-order valence-corrected chi connectivity index (χ4v) is 2.06. The van der Waals surface area contributed by atoms with Crippen LogP contribution in [0, 0.1) is 0 Å². The molecule has 0 aliphatic rings. The fraction of sp³-hybridized carbons (Fsp3) is 0.167. The highest BCUT2D eigenvalue weighted by Gasteiger charge is 2.05. The molecule has 0 spiro atoms. The molecule has 0 aliphatic carbocycles. The molecular weight excluding hydrogens is 276 g/mol. The highest BCUT2D eigenvalue weighted by molar-refractivity contribution is 6.01. The smallest absolute Gasteiger partial charge is 0.271 e. The summed E-state index contributed by atoms with van der Waals surface area (Å²) < 4.78 is 0. The lowest BCUT2D eigenvalue weighted by molar-refractivity contribution is -0.115. The number of rotatable bonds is 5. The van der Waals surface area contributed by atoms with E-state index in [0.717, 1.165) is 11.1 Å². The van der Waals surface area contributed by atoms with E-state index < -0.39 is 0 Å². The number of ketones is 1. The van der Waals surface area contributed by atoms with Gasteiger partial charge in [-0.3, -0.25) is 9.59 Å². The summed E-state index contributed by atoms with van der Waals surface area (Å²) in [7, 11) is 0. The quantitative estimate of drug-likeness (QED) is 0.678. The highest BCUT2D eigenvalue weighted by atomic mass is 16.2. The Hall–Kier alpha value is -2.75. The topological polar surface area (TPSA) is 58.5 Å². The van der Waals surface area contributed by atoms with E-state index in [1.54, 1.807) is 19.1 Å². The van der Waals surface area contributed by atoms with Crippen LogP contribution in [0.3, 0.4) is 0 Å². The van der Waals surface area contributed by atoms with Gasteiger partial charge < -0.3 is 0 Å². The number of nitrogens with one attached hydrogen (secondary N) is 1. The average Bonchev–Trinajstić information content (AvgIpc) is 2.53. The molecule has 0 heterocycles. The second-order valence-corrected chi connectivity index (χ2v) is 5.11. The molecule has 0 aromatic heterocycles. The standard InChI is InChI=1S/C18H18N2O2/c1-13(12-14(2)21)19-20-18(22)17-10-8-16(9-11-17)15-6-4-3-5-7-15/h3-11H,12H2,1-2H3,(H,20,22). The van der Waals surface area contributed by atoms with Crippen molar-refractivity contribution in [2.24, 2.45) is 5.10 Å². The number of carbonyl (C=O) groups excluding carboxylic acids is 2. The molecule has 0 saturated carbocycles. The largest absolute Gasteiger partial charge is 0.300 e. The molecule has 1 N–H and O–H groups in total. The zero-order valence-electron chi connectivity index (χ0n) is 12.7. The van der Waals surface area contributed by atoms with Gasteiger partial charge in [-0.15, -0.1) is 0 Å². The minimum atomic E-state index is -0.289. The zero-order chi connectivity index (χ0) is 15.9. The molecular formula is C18H18N2O2. The minimum Gasteiger partial charge on any atom is -0.300 e. The average molecular weight is 294 g/mol. The van der Waals surface area contributed by atoms with Gasteiger partial charge >= 0.3 is 0 Å². The van der Waals surface area contributed by atoms with Gasteiger partial charge in [-0.2, -0.15) is 5.10 Å². The van der Waals surface area contributed by atoms with E-state index in [1.165, 1.54) is 6.92 Å². The zero-order valence-corrected chi connectivity index (χ0v) is 12.7. The summed E-state index contributed by atoms with van der Waals surface area (Å²) in [4.78, 5) is 22.9. The molecule has 0 saturated heterocycles. The van der Waals surface area contributed by atoms with Gasteiger partial charge in [0, 0.05) is 17.7 Å². The lowest BCUT2D eigenvalue weighted by Gasteiger charge is -2.04. The predicted molar refractivity (Wildman–Crippen MR) is 87.8 cm³/mol. The van der Waals surface area contributed by atoms with Crippen molar-refractivity contribution in [3.63, 3.8) is 0 Å². The summed E-state index contributed by atoms with van der Waals surface area (Å²) in [6.45, 7) is 3.20. The molecule has 112 valence electrons. The number of benzene rings is 2. The van der Waals surface area contributed by atoms with Crippen LogP contribution in [0.15, 0.2) is 59.7 Å². The molecule has 0 unspecified atom stereocenters. The Morgan fingerprint density at radius 3 is 2.09 bits per heavy atom. The van der Waals surface area contributed by atoms with E-state index in [-0.39, 0.29) is 18.1 Å². The Morgan fingerprint density at radius 1 is 0.909 bits per heavy atom. The number of Topliss-reactive ketones (excluding diaryl/α,β-unsaturated/α-hetero) is 1. The number of nitrogens with zero attached hydrogens (tertiary/aromatic N) is 1. The normalized spacial score (nSPS) is 11.1. The predicted octanol–water partition coefficient (Wildman–Crippen LogP) is 3.44. The van der Waals surface area contributed by atoms with Crippen molar-refractivity contribution in [2.45, 2.75) is 20.3 Å². The van der Waals surface area contributed by atoms with Crippen LogP contribution in [0.5, 0.6) is 0 Å². The van der Waals surface area contributed by atoms with Crippen molar-refractivity contribution in [3.05, 3.63) is 60.2 Å². The highest BCUT2D eigenvalue weighted by Crippen LogP contribution is 2.19. The summed E-state index contributed by atoms with van der Waals surface area (Å²) in [5, 5.41) is 3.92. The maximum atomic E-state index is 12.0. The maximum absolute atomic E-state index is 12.0. The van der Waals surface area contributed by atoms with Crippen LogP contribution >= 0.6 is 0 Å². The van der Waals surface area contributed by atoms with Crippen molar-refractivity contribution in [1.29, 1.82) is 0 Å². The number of hydrogen-bond donors (Lipinski definition) is 1. The van der Waals surface area contributed by atoms with E-state index in [2.05, 4.69) is 10.5 Å².